The molecule has 0 saturated heterocycles. The first-order valence-electron chi connectivity index (χ1n) is 7.87. The van der Waals surface area contributed by atoms with Crippen molar-refractivity contribution in [3.63, 3.8) is 0 Å². The molecular weight excluding hydrogens is 285 g/mol. The zero-order chi connectivity index (χ0) is 15.6. The normalized spacial score (nSPS) is 19.0. The van der Waals surface area contributed by atoms with Crippen LogP contribution in [0.2, 0.25) is 0 Å². The smallest absolute Gasteiger partial charge is 0.251 e. The highest BCUT2D eigenvalue weighted by Gasteiger charge is 2.42. The van der Waals surface area contributed by atoms with Crippen molar-refractivity contribution in [1.29, 1.82) is 0 Å². The second-order valence-electron chi connectivity index (χ2n) is 6.61. The molecule has 0 aromatic heterocycles. The van der Waals surface area contributed by atoms with Crippen molar-refractivity contribution in [2.24, 2.45) is 11.3 Å². The van der Waals surface area contributed by atoms with E-state index in [4.69, 9.17) is 4.74 Å². The number of aliphatic hydroxyl groups excluding tert-OH is 1. The number of benzene rings is 1. The highest BCUT2D eigenvalue weighted by atomic mass is 19.1. The largest absolute Gasteiger partial charge is 0.396 e. The van der Waals surface area contributed by atoms with Crippen molar-refractivity contribution in [3.8, 4) is 0 Å². The van der Waals surface area contributed by atoms with Crippen LogP contribution in [0.5, 0.6) is 0 Å². The summed E-state index contributed by atoms with van der Waals surface area (Å²) in [5.74, 6) is 0.0484. The Hall–Kier alpha value is -1.46. The Morgan fingerprint density at radius 1 is 1.41 bits per heavy atom. The average Bonchev–Trinajstić information content (AvgIpc) is 3.42. The number of amides is 1. The first kappa shape index (κ1) is 15.4. The van der Waals surface area contributed by atoms with Gasteiger partial charge in [-0.25, -0.2) is 4.39 Å². The van der Waals surface area contributed by atoms with Crippen LogP contribution in [0, 0.1) is 17.2 Å². The van der Waals surface area contributed by atoms with Crippen LogP contribution in [-0.4, -0.2) is 30.8 Å². The van der Waals surface area contributed by atoms with Crippen molar-refractivity contribution in [3.05, 3.63) is 35.1 Å². The number of rotatable bonds is 8. The maximum atomic E-state index is 13.8. The van der Waals surface area contributed by atoms with Gasteiger partial charge in [-0.1, -0.05) is 0 Å². The SMILES string of the molecule is O=C(NCC1(CO)CC1)c1ccc(F)c(COCC2CC2)c1. The molecule has 3 rings (SSSR count). The molecule has 1 aromatic carbocycles. The highest BCUT2D eigenvalue weighted by molar-refractivity contribution is 5.94. The van der Waals surface area contributed by atoms with Crippen LogP contribution in [-0.2, 0) is 11.3 Å². The van der Waals surface area contributed by atoms with E-state index in [2.05, 4.69) is 5.32 Å². The summed E-state index contributed by atoms with van der Waals surface area (Å²) in [5, 5.41) is 12.1. The lowest BCUT2D eigenvalue weighted by Crippen LogP contribution is -2.31. The van der Waals surface area contributed by atoms with Gasteiger partial charge in [-0.2, -0.15) is 0 Å². The minimum atomic E-state index is -0.346. The van der Waals surface area contributed by atoms with Gasteiger partial charge < -0.3 is 15.2 Å². The summed E-state index contributed by atoms with van der Waals surface area (Å²) in [6.07, 6.45) is 4.26. The van der Waals surface area contributed by atoms with Crippen LogP contribution in [0.15, 0.2) is 18.2 Å². The molecule has 2 fully saturated rings. The second-order valence-corrected chi connectivity index (χ2v) is 6.61. The van der Waals surface area contributed by atoms with Gasteiger partial charge in [0.15, 0.2) is 0 Å². The summed E-state index contributed by atoms with van der Waals surface area (Å²) in [6.45, 7) is 1.42. The third-order valence-corrected chi connectivity index (χ3v) is 4.53. The molecule has 2 aliphatic carbocycles. The van der Waals surface area contributed by atoms with Crippen LogP contribution in [0.25, 0.3) is 0 Å². The van der Waals surface area contributed by atoms with Gasteiger partial charge in [0, 0.05) is 29.7 Å². The Labute approximate surface area is 129 Å². The van der Waals surface area contributed by atoms with E-state index in [0.717, 1.165) is 12.8 Å². The standard InChI is InChI=1S/C17H22FNO3/c18-15-4-3-13(7-14(15)9-22-8-12-1-2-12)16(21)19-10-17(11-20)5-6-17/h3-4,7,12,20H,1-2,5-6,8-11H2,(H,19,21). The Morgan fingerprint density at radius 2 is 2.18 bits per heavy atom. The molecule has 2 saturated carbocycles. The zero-order valence-corrected chi connectivity index (χ0v) is 12.6. The van der Waals surface area contributed by atoms with Gasteiger partial charge in [-0.15, -0.1) is 0 Å². The number of nitrogens with one attached hydrogen (secondary N) is 1. The molecule has 0 atom stereocenters. The van der Waals surface area contributed by atoms with Gasteiger partial charge in [0.2, 0.25) is 0 Å². The van der Waals surface area contributed by atoms with Crippen LogP contribution < -0.4 is 5.32 Å². The van der Waals surface area contributed by atoms with Gasteiger partial charge in [0.1, 0.15) is 5.82 Å². The molecule has 0 spiro atoms. The lowest BCUT2D eigenvalue weighted by Gasteiger charge is -2.13. The Kier molecular flexibility index (Phi) is 4.45. The third-order valence-electron chi connectivity index (χ3n) is 4.53. The quantitative estimate of drug-likeness (QED) is 0.774. The molecule has 2 N–H and O–H groups in total. The van der Waals surface area contributed by atoms with Gasteiger partial charge in [0.05, 0.1) is 13.2 Å². The number of ether oxygens (including phenoxy) is 1. The fourth-order valence-corrected chi connectivity index (χ4v) is 2.38. The maximum Gasteiger partial charge on any atom is 0.251 e. The number of hydrogen-bond acceptors (Lipinski definition) is 3. The molecule has 0 unspecified atom stereocenters. The predicted molar refractivity (Wildman–Crippen MR) is 79.9 cm³/mol. The van der Waals surface area contributed by atoms with E-state index in [0.29, 0.717) is 30.2 Å². The van der Waals surface area contributed by atoms with E-state index in [1.54, 1.807) is 6.07 Å². The fourth-order valence-electron chi connectivity index (χ4n) is 2.38. The fraction of sp³-hybridized carbons (Fsp3) is 0.588. The van der Waals surface area contributed by atoms with Crippen molar-refractivity contribution in [1.82, 2.24) is 5.32 Å². The van der Waals surface area contributed by atoms with Gasteiger partial charge in [-0.05, 0) is 49.8 Å². The molecule has 0 bridgehead atoms. The first-order valence-corrected chi connectivity index (χ1v) is 7.87. The van der Waals surface area contributed by atoms with Crippen molar-refractivity contribution in [2.45, 2.75) is 32.3 Å². The molecule has 22 heavy (non-hydrogen) atoms. The van der Waals surface area contributed by atoms with Gasteiger partial charge in [-0.3, -0.25) is 4.79 Å². The Bertz CT molecular complexity index is 553. The molecule has 4 nitrogen and oxygen atoms in total. The second kappa shape index (κ2) is 6.34. The summed E-state index contributed by atoms with van der Waals surface area (Å²) in [7, 11) is 0. The van der Waals surface area contributed by atoms with Crippen molar-refractivity contribution in [2.75, 3.05) is 19.8 Å². The molecule has 1 aromatic rings. The number of carbonyl (C=O) groups is 1. The zero-order valence-electron chi connectivity index (χ0n) is 12.6. The molecule has 0 aliphatic heterocycles. The van der Waals surface area contributed by atoms with E-state index in [-0.39, 0.29) is 30.4 Å². The summed E-state index contributed by atoms with van der Waals surface area (Å²) >= 11 is 0. The molecule has 0 radical (unpaired) electrons. The summed E-state index contributed by atoms with van der Waals surface area (Å²) in [6, 6.07) is 4.34. The van der Waals surface area contributed by atoms with E-state index < -0.39 is 0 Å². The molecule has 2 aliphatic rings. The van der Waals surface area contributed by atoms with Crippen molar-refractivity contribution >= 4 is 5.91 Å². The number of carbonyl (C=O) groups excluding carboxylic acids is 1. The molecule has 120 valence electrons. The minimum Gasteiger partial charge on any atom is -0.396 e. The van der Waals surface area contributed by atoms with E-state index in [1.165, 1.54) is 25.0 Å². The molecular formula is C17H22FNO3. The van der Waals surface area contributed by atoms with Crippen LogP contribution in [0.4, 0.5) is 4.39 Å². The first-order chi connectivity index (χ1) is 10.6. The molecule has 0 heterocycles. The van der Waals surface area contributed by atoms with E-state index >= 15 is 0 Å². The third kappa shape index (κ3) is 3.84. The predicted octanol–water partition coefficient (Wildman–Crippen LogP) is 2.25. The van der Waals surface area contributed by atoms with Crippen LogP contribution in [0.3, 0.4) is 0 Å². The van der Waals surface area contributed by atoms with Gasteiger partial charge >= 0.3 is 0 Å². The summed E-state index contributed by atoms with van der Waals surface area (Å²) in [5.41, 5.74) is 0.711. The number of halogens is 1. The summed E-state index contributed by atoms with van der Waals surface area (Å²) < 4.78 is 19.3. The summed E-state index contributed by atoms with van der Waals surface area (Å²) in [4.78, 5) is 12.1. The Balaban J connectivity index is 1.56. The average molecular weight is 307 g/mol. The topological polar surface area (TPSA) is 58.6 Å². The van der Waals surface area contributed by atoms with Crippen LogP contribution >= 0.6 is 0 Å². The Morgan fingerprint density at radius 3 is 2.82 bits per heavy atom. The maximum absolute atomic E-state index is 13.8. The highest BCUT2D eigenvalue weighted by Crippen LogP contribution is 2.44. The monoisotopic (exact) mass is 307 g/mol. The number of hydrogen-bond donors (Lipinski definition) is 2. The lowest BCUT2D eigenvalue weighted by atomic mass is 10.1. The molecule has 5 heteroatoms. The lowest BCUT2D eigenvalue weighted by molar-refractivity contribution is 0.0933. The van der Waals surface area contributed by atoms with E-state index in [9.17, 15) is 14.3 Å². The van der Waals surface area contributed by atoms with Crippen LogP contribution in [0.1, 0.15) is 41.6 Å². The van der Waals surface area contributed by atoms with Crippen molar-refractivity contribution < 1.29 is 19.0 Å². The number of aliphatic hydroxyl groups is 1. The minimum absolute atomic E-state index is 0.0942. The van der Waals surface area contributed by atoms with E-state index in [1.807, 2.05) is 0 Å². The van der Waals surface area contributed by atoms with Gasteiger partial charge in [0.25, 0.3) is 5.91 Å². The molecule has 1 amide bonds.